The summed E-state index contributed by atoms with van der Waals surface area (Å²) in [5.41, 5.74) is 4.46. The molecule has 0 aliphatic heterocycles. The highest BCUT2D eigenvalue weighted by Gasteiger charge is 2.05. The van der Waals surface area contributed by atoms with E-state index in [0.29, 0.717) is 16.9 Å². The number of aromatic nitrogens is 2. The number of carbonyl (C=O) groups is 1. The van der Waals surface area contributed by atoms with Crippen molar-refractivity contribution in [2.24, 2.45) is 15.3 Å². The Morgan fingerprint density at radius 1 is 1.07 bits per heavy atom. The van der Waals surface area contributed by atoms with Gasteiger partial charge in [-0.15, -0.1) is 10.2 Å². The van der Waals surface area contributed by atoms with Gasteiger partial charge in [-0.25, -0.2) is 9.78 Å². The SMILES string of the molecule is Cc1cc(=O)[nH]c(N=N/C(=N\Nc2ccc(C(=O)O)cc2)c2ccccc2)n1. The number of nitrogens with zero attached hydrogens (tertiary/aromatic N) is 4. The van der Waals surface area contributed by atoms with E-state index in [9.17, 15) is 9.59 Å². The Balaban J connectivity index is 1.88. The quantitative estimate of drug-likeness (QED) is 0.272. The number of aromatic carboxylic acids is 1. The molecule has 2 aromatic carbocycles. The summed E-state index contributed by atoms with van der Waals surface area (Å²) >= 11 is 0. The second-order valence-electron chi connectivity index (χ2n) is 5.71. The van der Waals surface area contributed by atoms with Crippen LogP contribution in [0.2, 0.25) is 0 Å². The maximum absolute atomic E-state index is 11.5. The molecule has 140 valence electrons. The number of aryl methyl sites for hydroxylation is 1. The lowest BCUT2D eigenvalue weighted by Gasteiger charge is -2.04. The van der Waals surface area contributed by atoms with Gasteiger partial charge in [0.15, 0.2) is 0 Å². The number of benzene rings is 2. The molecule has 0 saturated heterocycles. The van der Waals surface area contributed by atoms with Crippen LogP contribution in [0.4, 0.5) is 11.6 Å². The number of hydrogen-bond donors (Lipinski definition) is 3. The van der Waals surface area contributed by atoms with E-state index in [1.807, 2.05) is 18.2 Å². The average Bonchev–Trinajstić information content (AvgIpc) is 2.68. The number of anilines is 1. The summed E-state index contributed by atoms with van der Waals surface area (Å²) in [7, 11) is 0. The van der Waals surface area contributed by atoms with E-state index in [4.69, 9.17) is 5.11 Å². The number of azo groups is 1. The minimum Gasteiger partial charge on any atom is -0.478 e. The molecular weight excluding hydrogens is 360 g/mol. The zero-order chi connectivity index (χ0) is 19.9. The third-order valence-corrected chi connectivity index (χ3v) is 3.55. The van der Waals surface area contributed by atoms with E-state index in [1.54, 1.807) is 31.2 Å². The van der Waals surface area contributed by atoms with Crippen LogP contribution in [-0.2, 0) is 0 Å². The maximum Gasteiger partial charge on any atom is 0.335 e. The topological polar surface area (TPSA) is 132 Å². The smallest absolute Gasteiger partial charge is 0.335 e. The minimum atomic E-state index is -1.01. The van der Waals surface area contributed by atoms with Crippen LogP contribution in [-0.4, -0.2) is 26.9 Å². The lowest BCUT2D eigenvalue weighted by molar-refractivity contribution is 0.0697. The zero-order valence-electron chi connectivity index (χ0n) is 14.8. The number of hydrazone groups is 1. The molecule has 0 radical (unpaired) electrons. The van der Waals surface area contributed by atoms with Gasteiger partial charge in [0.1, 0.15) is 0 Å². The minimum absolute atomic E-state index is 0.0689. The van der Waals surface area contributed by atoms with Gasteiger partial charge in [-0.2, -0.15) is 5.10 Å². The standard InChI is InChI=1S/C19H16N6O3/c1-12-11-16(26)21-19(20-12)25-24-17(13-5-3-2-4-6-13)23-22-15-9-7-14(8-10-15)18(27)28/h2-11,22H,1H3,(H,27,28)(H,20,21,26)/b23-17-,25-24?. The Hall–Kier alpha value is -4.14. The second kappa shape index (κ2) is 8.49. The zero-order valence-corrected chi connectivity index (χ0v) is 14.8. The first-order chi connectivity index (χ1) is 13.5. The molecule has 3 N–H and O–H groups in total. The molecule has 0 unspecified atom stereocenters. The third kappa shape index (κ3) is 4.94. The van der Waals surface area contributed by atoms with E-state index in [2.05, 4.69) is 30.7 Å². The van der Waals surface area contributed by atoms with Gasteiger partial charge in [0, 0.05) is 17.3 Å². The number of amidine groups is 1. The largest absolute Gasteiger partial charge is 0.478 e. The van der Waals surface area contributed by atoms with Crippen LogP contribution in [0.25, 0.3) is 0 Å². The number of nitrogens with one attached hydrogen (secondary N) is 2. The van der Waals surface area contributed by atoms with Gasteiger partial charge in [0.25, 0.3) is 5.56 Å². The van der Waals surface area contributed by atoms with Crippen molar-refractivity contribution in [3.63, 3.8) is 0 Å². The van der Waals surface area contributed by atoms with Crippen LogP contribution in [0, 0.1) is 6.92 Å². The van der Waals surface area contributed by atoms with Crippen LogP contribution < -0.4 is 11.0 Å². The van der Waals surface area contributed by atoms with Crippen LogP contribution in [0.15, 0.2) is 80.8 Å². The molecule has 1 aromatic heterocycles. The van der Waals surface area contributed by atoms with Gasteiger partial charge in [-0.3, -0.25) is 15.2 Å². The molecule has 0 amide bonds. The van der Waals surface area contributed by atoms with Gasteiger partial charge >= 0.3 is 5.97 Å². The van der Waals surface area contributed by atoms with Crippen LogP contribution in [0.5, 0.6) is 0 Å². The van der Waals surface area contributed by atoms with Crippen molar-refractivity contribution in [1.29, 1.82) is 0 Å². The summed E-state index contributed by atoms with van der Waals surface area (Å²) < 4.78 is 0. The predicted octanol–water partition coefficient (Wildman–Crippen LogP) is 3.33. The number of aromatic amines is 1. The summed E-state index contributed by atoms with van der Waals surface area (Å²) in [5, 5.41) is 21.2. The van der Waals surface area contributed by atoms with Gasteiger partial charge in [-0.1, -0.05) is 30.3 Å². The molecule has 9 heteroatoms. The Labute approximate surface area is 159 Å². The number of hydrogen-bond acceptors (Lipinski definition) is 6. The van der Waals surface area contributed by atoms with Gasteiger partial charge in [0.2, 0.25) is 11.8 Å². The Morgan fingerprint density at radius 2 is 1.79 bits per heavy atom. The van der Waals surface area contributed by atoms with Crippen LogP contribution in [0.3, 0.4) is 0 Å². The highest BCUT2D eigenvalue weighted by Crippen LogP contribution is 2.12. The average molecular weight is 376 g/mol. The monoisotopic (exact) mass is 376 g/mol. The Kier molecular flexibility index (Phi) is 5.66. The second-order valence-corrected chi connectivity index (χ2v) is 5.71. The molecule has 0 saturated carbocycles. The molecule has 28 heavy (non-hydrogen) atoms. The maximum atomic E-state index is 11.5. The Bertz CT molecular complexity index is 1090. The first kappa shape index (κ1) is 18.6. The van der Waals surface area contributed by atoms with E-state index in [0.717, 1.165) is 0 Å². The molecule has 0 atom stereocenters. The normalized spacial score (nSPS) is 11.5. The molecule has 1 heterocycles. The van der Waals surface area contributed by atoms with Crippen LogP contribution in [0.1, 0.15) is 21.6 Å². The van der Waals surface area contributed by atoms with Crippen molar-refractivity contribution in [2.75, 3.05) is 5.43 Å². The molecule has 3 aromatic rings. The molecule has 0 aliphatic rings. The molecule has 0 aliphatic carbocycles. The van der Waals surface area contributed by atoms with Gasteiger partial charge in [0.05, 0.1) is 11.3 Å². The summed E-state index contributed by atoms with van der Waals surface area (Å²) in [5.74, 6) is -0.681. The molecule has 9 nitrogen and oxygen atoms in total. The summed E-state index contributed by atoms with van der Waals surface area (Å²) in [4.78, 5) is 29.0. The summed E-state index contributed by atoms with van der Waals surface area (Å²) in [6, 6.07) is 16.6. The fraction of sp³-hybridized carbons (Fsp3) is 0.0526. The molecule has 0 bridgehead atoms. The molecule has 3 rings (SSSR count). The van der Waals surface area contributed by atoms with Crippen molar-refractivity contribution in [3.8, 4) is 0 Å². The van der Waals surface area contributed by atoms with Crippen LogP contribution >= 0.6 is 0 Å². The van der Waals surface area contributed by atoms with E-state index in [1.165, 1.54) is 18.2 Å². The highest BCUT2D eigenvalue weighted by atomic mass is 16.4. The lowest BCUT2D eigenvalue weighted by Crippen LogP contribution is -2.06. The summed E-state index contributed by atoms with van der Waals surface area (Å²) in [6.07, 6.45) is 0. The number of carboxylic acids is 1. The Morgan fingerprint density at radius 3 is 2.43 bits per heavy atom. The van der Waals surface area contributed by atoms with E-state index in [-0.39, 0.29) is 22.9 Å². The third-order valence-electron chi connectivity index (χ3n) is 3.55. The fourth-order valence-corrected chi connectivity index (χ4v) is 2.24. The van der Waals surface area contributed by atoms with E-state index < -0.39 is 5.97 Å². The molecule has 0 fully saturated rings. The lowest BCUT2D eigenvalue weighted by atomic mass is 10.2. The van der Waals surface area contributed by atoms with Gasteiger partial charge < -0.3 is 5.11 Å². The fourth-order valence-electron chi connectivity index (χ4n) is 2.24. The number of carboxylic acid groups (broad SMARTS) is 1. The number of H-pyrrole nitrogens is 1. The summed E-state index contributed by atoms with van der Waals surface area (Å²) in [6.45, 7) is 1.68. The predicted molar refractivity (Wildman–Crippen MR) is 104 cm³/mol. The number of rotatable bonds is 5. The molecular formula is C19H16N6O3. The van der Waals surface area contributed by atoms with Crippen molar-refractivity contribution >= 4 is 23.4 Å². The van der Waals surface area contributed by atoms with Crippen molar-refractivity contribution in [2.45, 2.75) is 6.92 Å². The first-order valence-corrected chi connectivity index (χ1v) is 8.23. The first-order valence-electron chi connectivity index (χ1n) is 8.23. The van der Waals surface area contributed by atoms with E-state index >= 15 is 0 Å². The van der Waals surface area contributed by atoms with Crippen molar-refractivity contribution < 1.29 is 9.90 Å². The highest BCUT2D eigenvalue weighted by molar-refractivity contribution is 5.99. The van der Waals surface area contributed by atoms with Crippen molar-refractivity contribution in [1.82, 2.24) is 9.97 Å². The van der Waals surface area contributed by atoms with Crippen molar-refractivity contribution in [3.05, 3.63) is 87.8 Å². The molecule has 0 spiro atoms. The van der Waals surface area contributed by atoms with Gasteiger partial charge in [-0.05, 0) is 31.2 Å².